The van der Waals surface area contributed by atoms with E-state index in [-0.39, 0.29) is 18.6 Å². The molecule has 2 rings (SSSR count). The molecule has 2 N–H and O–H groups in total. The van der Waals surface area contributed by atoms with Crippen molar-refractivity contribution in [3.05, 3.63) is 50.1 Å². The van der Waals surface area contributed by atoms with Gasteiger partial charge in [-0.25, -0.2) is 0 Å². The minimum Gasteiger partial charge on any atom is -0.286 e. The van der Waals surface area contributed by atoms with Crippen LogP contribution in [0.15, 0.2) is 24.3 Å². The van der Waals surface area contributed by atoms with Crippen molar-refractivity contribution in [2.24, 2.45) is 11.8 Å². The average molecular weight is 443 g/mol. The molecule has 1 aliphatic carbocycles. The summed E-state index contributed by atoms with van der Waals surface area (Å²) >= 11 is 11.5. The molecule has 0 saturated carbocycles. The number of anilines is 1. The number of nitrogens with zero attached hydrogens (tertiary/aromatic N) is 2. The molecule has 0 saturated heterocycles. The second-order valence-corrected chi connectivity index (χ2v) is 6.86. The molecule has 1 aromatic rings. The van der Waals surface area contributed by atoms with Crippen LogP contribution in [0.5, 0.6) is 0 Å². The Bertz CT molecular complexity index is 812. The minimum absolute atomic E-state index is 0.134. The van der Waals surface area contributed by atoms with E-state index in [0.717, 1.165) is 0 Å². The minimum atomic E-state index is -5.05. The highest BCUT2D eigenvalue weighted by Gasteiger charge is 2.38. The highest BCUT2D eigenvalue weighted by molar-refractivity contribution is 6.44. The van der Waals surface area contributed by atoms with Crippen LogP contribution in [0.3, 0.4) is 0 Å². The van der Waals surface area contributed by atoms with Gasteiger partial charge in [0.05, 0.1) is 21.3 Å². The largest absolute Gasteiger partial charge is 0.416 e. The maximum Gasteiger partial charge on any atom is 0.416 e. The topological polar surface area (TPSA) is 127 Å². The Morgan fingerprint density at radius 3 is 2.14 bits per heavy atom. The predicted octanol–water partition coefficient (Wildman–Crippen LogP) is 3.96. The average Bonchev–Trinajstić information content (AvgIpc) is 3.07. The van der Waals surface area contributed by atoms with Crippen LogP contribution in [0, 0.1) is 32.1 Å². The number of halogens is 5. The molecule has 0 bridgehead atoms. The van der Waals surface area contributed by atoms with Crippen molar-refractivity contribution in [3.63, 3.8) is 0 Å². The van der Waals surface area contributed by atoms with Crippen LogP contribution in [0.2, 0.25) is 0 Å². The molecule has 2 atom stereocenters. The second kappa shape index (κ2) is 8.19. The molecule has 28 heavy (non-hydrogen) atoms. The molecular formula is C14H11Cl2F3N4O5. The zero-order chi connectivity index (χ0) is 21.2. The Morgan fingerprint density at radius 1 is 1.18 bits per heavy atom. The van der Waals surface area contributed by atoms with Gasteiger partial charge in [0.25, 0.3) is 0 Å². The van der Waals surface area contributed by atoms with Crippen molar-refractivity contribution in [1.82, 2.24) is 5.43 Å². The number of benzene rings is 1. The molecule has 0 radical (unpaired) electrons. The summed E-state index contributed by atoms with van der Waals surface area (Å²) in [5.74, 6) is -2.08. The molecule has 0 heterocycles. The van der Waals surface area contributed by atoms with Crippen molar-refractivity contribution in [1.29, 1.82) is 0 Å². The number of carbonyl (C=O) groups excluding carboxylic acids is 1. The quantitative estimate of drug-likeness (QED) is 0.297. The van der Waals surface area contributed by atoms with E-state index < -0.39 is 61.2 Å². The summed E-state index contributed by atoms with van der Waals surface area (Å²) < 4.78 is 38.6. The molecule has 0 aliphatic heterocycles. The molecule has 1 aromatic carbocycles. The number of hydrazine groups is 1. The molecular weight excluding hydrogens is 432 g/mol. The first-order valence-electron chi connectivity index (χ1n) is 7.48. The maximum absolute atomic E-state index is 12.9. The number of nitro benzene ring substituents is 2. The van der Waals surface area contributed by atoms with Crippen LogP contribution in [0.4, 0.5) is 30.2 Å². The molecule has 0 unspecified atom stereocenters. The fraction of sp³-hybridized carbons (Fsp3) is 0.357. The van der Waals surface area contributed by atoms with E-state index in [4.69, 9.17) is 23.2 Å². The highest BCUT2D eigenvalue weighted by atomic mass is 35.5. The lowest BCUT2D eigenvalue weighted by atomic mass is 9.96. The Morgan fingerprint density at radius 2 is 1.71 bits per heavy atom. The molecule has 9 nitrogen and oxygen atoms in total. The van der Waals surface area contributed by atoms with Crippen LogP contribution >= 0.6 is 23.2 Å². The molecule has 0 spiro atoms. The standard InChI is InChI=1S/C14H11Cl2F3N4O5/c15-12(16)7-2-1-3-8(7)13(24)21-20-11-9(22(25)26)4-6(14(17,18)19)5-10(11)23(27)28/h1-2,4-5,7-8,12,20H,3H2,(H,21,24)/t7-,8-/m0/s1. The number of alkyl halides is 5. The van der Waals surface area contributed by atoms with Crippen LogP contribution in [0.1, 0.15) is 12.0 Å². The number of carbonyl (C=O) groups is 1. The molecule has 0 aromatic heterocycles. The van der Waals surface area contributed by atoms with Crippen molar-refractivity contribution < 1.29 is 27.8 Å². The number of nitro groups is 2. The number of nitrogens with one attached hydrogen (secondary N) is 2. The van der Waals surface area contributed by atoms with Gasteiger partial charge in [-0.3, -0.25) is 35.9 Å². The zero-order valence-corrected chi connectivity index (χ0v) is 15.1. The Hall–Kier alpha value is -2.60. The SMILES string of the molecule is O=C(NNc1c([N+](=O)[O-])cc(C(F)(F)F)cc1[N+](=O)[O-])[C@H]1CC=C[C@@H]1C(Cl)Cl. The van der Waals surface area contributed by atoms with E-state index in [9.17, 15) is 38.2 Å². The first-order valence-corrected chi connectivity index (χ1v) is 8.35. The first-order chi connectivity index (χ1) is 12.9. The van der Waals surface area contributed by atoms with E-state index in [1.165, 1.54) is 0 Å². The Balaban J connectivity index is 2.35. The third-order valence-electron chi connectivity index (χ3n) is 3.97. The van der Waals surface area contributed by atoms with Crippen LogP contribution in [0.25, 0.3) is 0 Å². The lowest BCUT2D eigenvalue weighted by Gasteiger charge is -2.20. The Kier molecular flexibility index (Phi) is 6.34. The molecule has 1 amide bonds. The molecule has 0 fully saturated rings. The maximum atomic E-state index is 12.9. The number of hydrogen-bond donors (Lipinski definition) is 2. The zero-order valence-electron chi connectivity index (χ0n) is 13.6. The summed E-state index contributed by atoms with van der Waals surface area (Å²) in [5.41, 5.74) is -0.890. The van der Waals surface area contributed by atoms with Crippen molar-refractivity contribution in [2.45, 2.75) is 17.4 Å². The van der Waals surface area contributed by atoms with Gasteiger partial charge in [-0.05, 0) is 6.42 Å². The van der Waals surface area contributed by atoms with Gasteiger partial charge >= 0.3 is 17.6 Å². The van der Waals surface area contributed by atoms with Gasteiger partial charge in [-0.15, -0.1) is 23.2 Å². The smallest absolute Gasteiger partial charge is 0.286 e. The molecule has 14 heteroatoms. The van der Waals surface area contributed by atoms with E-state index in [1.807, 2.05) is 10.9 Å². The van der Waals surface area contributed by atoms with Crippen molar-refractivity contribution in [2.75, 3.05) is 5.43 Å². The first kappa shape index (κ1) is 21.7. The predicted molar refractivity (Wildman–Crippen MR) is 92.7 cm³/mol. The van der Waals surface area contributed by atoms with E-state index in [0.29, 0.717) is 0 Å². The third-order valence-corrected chi connectivity index (χ3v) is 4.55. The Labute approximate surface area is 164 Å². The number of rotatable bonds is 6. The van der Waals surface area contributed by atoms with Gasteiger partial charge in [-0.2, -0.15) is 13.2 Å². The summed E-state index contributed by atoms with van der Waals surface area (Å²) in [6.45, 7) is 0. The highest BCUT2D eigenvalue weighted by Crippen LogP contribution is 2.41. The normalized spacial score (nSPS) is 18.9. The second-order valence-electron chi connectivity index (χ2n) is 5.70. The van der Waals surface area contributed by atoms with Gasteiger partial charge < -0.3 is 0 Å². The van der Waals surface area contributed by atoms with Gasteiger partial charge in [0.1, 0.15) is 4.84 Å². The van der Waals surface area contributed by atoms with Crippen LogP contribution < -0.4 is 10.9 Å². The van der Waals surface area contributed by atoms with E-state index >= 15 is 0 Å². The number of allylic oxidation sites excluding steroid dienone is 2. The fourth-order valence-corrected chi connectivity index (χ4v) is 3.14. The summed E-state index contributed by atoms with van der Waals surface area (Å²) in [6, 6.07) is 0.268. The fourth-order valence-electron chi connectivity index (χ4n) is 2.62. The van der Waals surface area contributed by atoms with Crippen LogP contribution in [-0.4, -0.2) is 20.6 Å². The van der Waals surface area contributed by atoms with Crippen LogP contribution in [-0.2, 0) is 11.0 Å². The lowest BCUT2D eigenvalue weighted by molar-refractivity contribution is -0.392. The van der Waals surface area contributed by atoms with Crippen molar-refractivity contribution in [3.8, 4) is 0 Å². The monoisotopic (exact) mass is 442 g/mol. The van der Waals surface area contributed by atoms with Gasteiger partial charge in [0, 0.05) is 18.1 Å². The summed E-state index contributed by atoms with van der Waals surface area (Å²) in [4.78, 5) is 31.2. The van der Waals surface area contributed by atoms with Gasteiger partial charge in [-0.1, -0.05) is 12.2 Å². The third kappa shape index (κ3) is 4.62. The van der Waals surface area contributed by atoms with Gasteiger partial charge in [0.15, 0.2) is 0 Å². The number of amides is 1. The lowest BCUT2D eigenvalue weighted by Crippen LogP contribution is -2.38. The van der Waals surface area contributed by atoms with Gasteiger partial charge in [0.2, 0.25) is 11.6 Å². The summed E-state index contributed by atoms with van der Waals surface area (Å²) in [6.07, 6.45) is -1.57. The molecule has 152 valence electrons. The van der Waals surface area contributed by atoms with Crippen molar-refractivity contribution >= 4 is 46.2 Å². The van der Waals surface area contributed by atoms with E-state index in [1.54, 1.807) is 12.2 Å². The molecule has 1 aliphatic rings. The number of hydrogen-bond acceptors (Lipinski definition) is 6. The summed E-state index contributed by atoms with van der Waals surface area (Å²) in [7, 11) is 0. The summed E-state index contributed by atoms with van der Waals surface area (Å²) in [5, 5.41) is 22.3. The van der Waals surface area contributed by atoms with E-state index in [2.05, 4.69) is 0 Å².